The van der Waals surface area contributed by atoms with Gasteiger partial charge in [0.05, 0.1) is 6.33 Å². The van der Waals surface area contributed by atoms with Crippen molar-refractivity contribution in [2.75, 3.05) is 11.9 Å². The van der Waals surface area contributed by atoms with Crippen LogP contribution in [-0.4, -0.2) is 72.8 Å². The molecule has 41 heavy (non-hydrogen) atoms. The first-order valence-corrected chi connectivity index (χ1v) is 13.6. The SMILES string of the molecule is CCc1nnn(C2CCC(O)C2(O)n2cnc3c(NCC(c4ccc(O)cc4)c4ccc(O)cc4)nc(Cl)nc32)n1. The fraction of sp³-hybridized carbons (Fsp3) is 0.333. The van der Waals surface area contributed by atoms with Gasteiger partial charge in [0.25, 0.3) is 0 Å². The molecule has 5 N–H and O–H groups in total. The summed E-state index contributed by atoms with van der Waals surface area (Å²) >= 11 is 6.36. The number of phenolic OH excluding ortho intramolecular Hbond substituents is 2. The number of aromatic nitrogens is 8. The molecule has 1 fully saturated rings. The Morgan fingerprint density at radius 1 is 1.02 bits per heavy atom. The summed E-state index contributed by atoms with van der Waals surface area (Å²) in [6, 6.07) is 13.0. The fourth-order valence-corrected chi connectivity index (χ4v) is 5.56. The molecule has 3 aromatic heterocycles. The summed E-state index contributed by atoms with van der Waals surface area (Å²) in [5, 5.41) is 58.2. The number of rotatable bonds is 8. The monoisotopic (exact) mass is 577 g/mol. The summed E-state index contributed by atoms with van der Waals surface area (Å²) in [4.78, 5) is 14.6. The summed E-state index contributed by atoms with van der Waals surface area (Å²) in [6.07, 6.45) is 1.53. The lowest BCUT2D eigenvalue weighted by Gasteiger charge is -2.33. The molecule has 1 aliphatic carbocycles. The van der Waals surface area contributed by atoms with Gasteiger partial charge in [-0.1, -0.05) is 31.2 Å². The Labute approximate surface area is 239 Å². The summed E-state index contributed by atoms with van der Waals surface area (Å²) in [5.74, 6) is 0.967. The van der Waals surface area contributed by atoms with Gasteiger partial charge in [-0.15, -0.1) is 10.2 Å². The second-order valence-electron chi connectivity index (χ2n) is 10.0. The third kappa shape index (κ3) is 4.81. The number of aromatic hydroxyl groups is 2. The molecule has 1 saturated carbocycles. The maximum Gasteiger partial charge on any atom is 0.226 e. The van der Waals surface area contributed by atoms with Gasteiger partial charge in [0, 0.05) is 18.9 Å². The molecule has 3 heterocycles. The smallest absolute Gasteiger partial charge is 0.226 e. The van der Waals surface area contributed by atoms with E-state index in [0.717, 1.165) is 11.1 Å². The lowest BCUT2D eigenvalue weighted by Crippen LogP contribution is -2.47. The second-order valence-corrected chi connectivity index (χ2v) is 10.4. The zero-order chi connectivity index (χ0) is 28.7. The van der Waals surface area contributed by atoms with E-state index in [4.69, 9.17) is 11.6 Å². The molecule has 1 aliphatic rings. The first-order chi connectivity index (χ1) is 19.8. The predicted molar refractivity (Wildman–Crippen MR) is 149 cm³/mol. The van der Waals surface area contributed by atoms with Gasteiger partial charge in [-0.2, -0.15) is 14.8 Å². The third-order valence-electron chi connectivity index (χ3n) is 7.58. The van der Waals surface area contributed by atoms with Crippen molar-refractivity contribution in [3.05, 3.63) is 77.1 Å². The van der Waals surface area contributed by atoms with Gasteiger partial charge in [0.1, 0.15) is 23.6 Å². The van der Waals surface area contributed by atoms with Gasteiger partial charge in [0.15, 0.2) is 28.5 Å². The highest BCUT2D eigenvalue weighted by molar-refractivity contribution is 6.28. The van der Waals surface area contributed by atoms with Crippen LogP contribution in [0.1, 0.15) is 48.7 Å². The first kappa shape index (κ1) is 26.9. The van der Waals surface area contributed by atoms with Crippen molar-refractivity contribution in [2.24, 2.45) is 0 Å². The van der Waals surface area contributed by atoms with Crippen molar-refractivity contribution in [1.29, 1.82) is 0 Å². The fourth-order valence-electron chi connectivity index (χ4n) is 5.40. The Morgan fingerprint density at radius 3 is 2.29 bits per heavy atom. The topological polar surface area (TPSA) is 180 Å². The molecule has 212 valence electrons. The molecule has 3 atom stereocenters. The van der Waals surface area contributed by atoms with Gasteiger partial charge in [-0.25, -0.2) is 4.98 Å². The van der Waals surface area contributed by atoms with Crippen LogP contribution in [0.4, 0.5) is 5.82 Å². The van der Waals surface area contributed by atoms with Crippen LogP contribution in [0.15, 0.2) is 54.9 Å². The number of aryl methyl sites for hydroxylation is 1. The van der Waals surface area contributed by atoms with Crippen molar-refractivity contribution < 1.29 is 20.4 Å². The molecule has 0 saturated heterocycles. The number of imidazole rings is 1. The van der Waals surface area contributed by atoms with Crippen molar-refractivity contribution in [1.82, 2.24) is 39.7 Å². The van der Waals surface area contributed by atoms with E-state index in [9.17, 15) is 20.4 Å². The number of aliphatic hydroxyl groups is 2. The van der Waals surface area contributed by atoms with E-state index in [-0.39, 0.29) is 28.3 Å². The second kappa shape index (κ2) is 10.6. The summed E-state index contributed by atoms with van der Waals surface area (Å²) < 4.78 is 1.40. The van der Waals surface area contributed by atoms with Gasteiger partial charge in [-0.3, -0.25) is 4.57 Å². The van der Waals surface area contributed by atoms with Crippen molar-refractivity contribution in [3.8, 4) is 11.5 Å². The molecule has 0 radical (unpaired) electrons. The number of hydrogen-bond acceptors (Lipinski definition) is 11. The number of halogens is 1. The van der Waals surface area contributed by atoms with Crippen LogP contribution in [0.25, 0.3) is 11.2 Å². The first-order valence-electron chi connectivity index (χ1n) is 13.2. The van der Waals surface area contributed by atoms with Crippen LogP contribution >= 0.6 is 11.6 Å². The predicted octanol–water partition coefficient (Wildman–Crippen LogP) is 2.72. The maximum atomic E-state index is 11.9. The number of nitrogens with one attached hydrogen (secondary N) is 1. The van der Waals surface area contributed by atoms with Crippen LogP contribution in [-0.2, 0) is 12.1 Å². The average molecular weight is 578 g/mol. The number of benzene rings is 2. The van der Waals surface area contributed by atoms with E-state index in [1.54, 1.807) is 24.3 Å². The van der Waals surface area contributed by atoms with Gasteiger partial charge in [0.2, 0.25) is 5.28 Å². The number of fused-ring (bicyclic) bond motifs is 1. The van der Waals surface area contributed by atoms with E-state index >= 15 is 0 Å². The quantitative estimate of drug-likeness (QED) is 0.171. The minimum absolute atomic E-state index is 0.0765. The van der Waals surface area contributed by atoms with Crippen molar-refractivity contribution in [2.45, 2.75) is 50.0 Å². The number of anilines is 1. The Kier molecular flexibility index (Phi) is 6.93. The highest BCUT2D eigenvalue weighted by Crippen LogP contribution is 2.44. The molecule has 3 unspecified atom stereocenters. The molecule has 5 aromatic rings. The number of tetrazole rings is 1. The molecule has 0 spiro atoms. The van der Waals surface area contributed by atoms with Crippen molar-refractivity contribution in [3.63, 3.8) is 0 Å². The highest BCUT2D eigenvalue weighted by Gasteiger charge is 2.53. The third-order valence-corrected chi connectivity index (χ3v) is 7.75. The number of aliphatic hydroxyl groups excluding tert-OH is 1. The number of phenols is 2. The molecule has 0 amide bonds. The van der Waals surface area contributed by atoms with Gasteiger partial charge >= 0.3 is 0 Å². The van der Waals surface area contributed by atoms with Crippen LogP contribution in [0.2, 0.25) is 5.28 Å². The lowest BCUT2D eigenvalue weighted by atomic mass is 9.91. The van der Waals surface area contributed by atoms with Crippen LogP contribution in [0.3, 0.4) is 0 Å². The van der Waals surface area contributed by atoms with Gasteiger partial charge < -0.3 is 25.7 Å². The van der Waals surface area contributed by atoms with Gasteiger partial charge in [-0.05, 0) is 65.0 Å². The molecule has 2 aromatic carbocycles. The summed E-state index contributed by atoms with van der Waals surface area (Å²) in [6.45, 7) is 2.25. The highest BCUT2D eigenvalue weighted by atomic mass is 35.5. The Bertz CT molecular complexity index is 1630. The van der Waals surface area contributed by atoms with E-state index in [1.807, 2.05) is 31.2 Å². The number of hydrogen-bond donors (Lipinski definition) is 5. The average Bonchev–Trinajstić information content (AvgIpc) is 3.68. The minimum Gasteiger partial charge on any atom is -0.508 e. The van der Waals surface area contributed by atoms with Crippen LogP contribution < -0.4 is 5.32 Å². The van der Waals surface area contributed by atoms with Crippen LogP contribution in [0, 0.1) is 0 Å². The molecular formula is C27H28ClN9O4. The lowest BCUT2D eigenvalue weighted by molar-refractivity contribution is -0.141. The van der Waals surface area contributed by atoms with E-state index in [0.29, 0.717) is 43.0 Å². The zero-order valence-electron chi connectivity index (χ0n) is 22.0. The molecule has 0 bridgehead atoms. The molecule has 13 nitrogen and oxygen atoms in total. The maximum absolute atomic E-state index is 11.9. The standard InChI is InChI=1S/C27H28ClN9O4/c1-2-22-33-35-37(34-22)20-11-12-21(40)27(20,41)36-14-30-23-24(31-26(28)32-25(23)36)29-13-19(15-3-7-17(38)8-4-15)16-5-9-18(39)10-6-16/h3-10,14,19-21,38-41H,2,11-13H2,1H3,(H,29,31,32). The molecule has 14 heteroatoms. The molecule has 6 rings (SSSR count). The zero-order valence-corrected chi connectivity index (χ0v) is 22.8. The summed E-state index contributed by atoms with van der Waals surface area (Å²) in [5.41, 5.74) is 0.539. The van der Waals surface area contributed by atoms with E-state index < -0.39 is 17.9 Å². The molecule has 0 aliphatic heterocycles. The molecular weight excluding hydrogens is 550 g/mol. The Hall–Kier alpha value is -4.33. The number of nitrogens with zero attached hydrogens (tertiary/aromatic N) is 8. The van der Waals surface area contributed by atoms with Crippen molar-refractivity contribution >= 4 is 28.6 Å². The van der Waals surface area contributed by atoms with E-state index in [2.05, 4.69) is 35.7 Å². The van der Waals surface area contributed by atoms with Crippen LogP contribution in [0.5, 0.6) is 11.5 Å². The minimum atomic E-state index is -1.87. The Balaban J connectivity index is 1.36. The van der Waals surface area contributed by atoms with E-state index in [1.165, 1.54) is 15.7 Å². The largest absolute Gasteiger partial charge is 0.508 e. The Morgan fingerprint density at radius 2 is 1.68 bits per heavy atom. The normalized spacial score (nSPS) is 20.7. The summed E-state index contributed by atoms with van der Waals surface area (Å²) in [7, 11) is 0.